The van der Waals surface area contributed by atoms with Crippen molar-refractivity contribution in [3.8, 4) is 6.07 Å². The molecule has 0 spiro atoms. The Kier molecular flexibility index (Phi) is 2.31. The van der Waals surface area contributed by atoms with Gasteiger partial charge >= 0.3 is 0 Å². The summed E-state index contributed by atoms with van der Waals surface area (Å²) in [5.41, 5.74) is -0.587. The number of hydrogen-bond donors (Lipinski definition) is 0. The lowest BCUT2D eigenvalue weighted by Crippen LogP contribution is -2.26. The van der Waals surface area contributed by atoms with E-state index in [2.05, 4.69) is 4.98 Å². The summed E-state index contributed by atoms with van der Waals surface area (Å²) < 4.78 is 13.6. The molecule has 0 aromatic carbocycles. The minimum absolute atomic E-state index is 0.381. The van der Waals surface area contributed by atoms with Crippen molar-refractivity contribution in [3.05, 3.63) is 23.9 Å². The number of pyridine rings is 1. The molecule has 0 saturated carbocycles. The Labute approximate surface area is 88.2 Å². The average Bonchev–Trinajstić information content (AvgIpc) is 2.59. The first-order chi connectivity index (χ1) is 7.11. The number of nitrogens with zero attached hydrogens (tertiary/aromatic N) is 3. The molecule has 0 unspecified atom stereocenters. The van der Waals surface area contributed by atoms with Crippen LogP contribution in [0.5, 0.6) is 0 Å². The molecule has 15 heavy (non-hydrogen) atoms. The van der Waals surface area contributed by atoms with Crippen LogP contribution in [0.1, 0.15) is 18.9 Å². The number of aromatic nitrogens is 1. The van der Waals surface area contributed by atoms with Gasteiger partial charge in [-0.1, -0.05) is 0 Å². The van der Waals surface area contributed by atoms with E-state index in [0.717, 1.165) is 5.82 Å². The maximum absolute atomic E-state index is 13.6. The molecule has 1 aromatic heterocycles. The molecule has 2 rings (SSSR count). The van der Waals surface area contributed by atoms with Crippen LogP contribution in [-0.2, 0) is 0 Å². The van der Waals surface area contributed by atoms with Crippen LogP contribution >= 0.6 is 0 Å². The maximum atomic E-state index is 13.6. The zero-order chi connectivity index (χ0) is 10.9. The summed E-state index contributed by atoms with van der Waals surface area (Å²) in [6.45, 7) is 2.68. The number of hydrogen-bond acceptors (Lipinski definition) is 3. The first-order valence-corrected chi connectivity index (χ1v) is 4.91. The van der Waals surface area contributed by atoms with Gasteiger partial charge in [0, 0.05) is 19.2 Å². The van der Waals surface area contributed by atoms with Gasteiger partial charge in [-0.3, -0.25) is 0 Å². The number of alkyl halides is 1. The molecule has 3 nitrogen and oxygen atoms in total. The maximum Gasteiger partial charge on any atom is 0.128 e. The van der Waals surface area contributed by atoms with E-state index in [1.54, 1.807) is 19.1 Å². The Morgan fingerprint density at radius 3 is 2.87 bits per heavy atom. The minimum atomic E-state index is -1.12. The van der Waals surface area contributed by atoms with Gasteiger partial charge in [0.15, 0.2) is 0 Å². The van der Waals surface area contributed by atoms with Gasteiger partial charge in [-0.2, -0.15) is 5.26 Å². The first-order valence-electron chi connectivity index (χ1n) is 4.91. The molecule has 78 valence electrons. The van der Waals surface area contributed by atoms with Crippen LogP contribution in [0.2, 0.25) is 0 Å². The molecule has 4 heteroatoms. The summed E-state index contributed by atoms with van der Waals surface area (Å²) in [6.07, 6.45) is 2.05. The molecule has 0 bridgehead atoms. The van der Waals surface area contributed by atoms with Gasteiger partial charge in [-0.05, 0) is 19.1 Å². The molecule has 2 heterocycles. The molecular weight excluding hydrogens is 193 g/mol. The van der Waals surface area contributed by atoms with E-state index >= 15 is 0 Å². The van der Waals surface area contributed by atoms with Crippen molar-refractivity contribution in [3.63, 3.8) is 0 Å². The van der Waals surface area contributed by atoms with Gasteiger partial charge in [0.1, 0.15) is 17.6 Å². The van der Waals surface area contributed by atoms with Crippen LogP contribution in [0.15, 0.2) is 18.3 Å². The molecule has 0 radical (unpaired) electrons. The average molecular weight is 205 g/mol. The van der Waals surface area contributed by atoms with Crippen molar-refractivity contribution >= 4 is 5.82 Å². The fourth-order valence-electron chi connectivity index (χ4n) is 1.76. The minimum Gasteiger partial charge on any atom is -0.353 e. The fraction of sp³-hybridized carbons (Fsp3) is 0.455. The van der Waals surface area contributed by atoms with E-state index in [9.17, 15) is 4.39 Å². The Hall–Kier alpha value is -1.63. The van der Waals surface area contributed by atoms with Crippen LogP contribution < -0.4 is 4.90 Å². The smallest absolute Gasteiger partial charge is 0.128 e. The normalized spacial score (nSPS) is 25.3. The summed E-state index contributed by atoms with van der Waals surface area (Å²) >= 11 is 0. The van der Waals surface area contributed by atoms with Crippen LogP contribution in [0.3, 0.4) is 0 Å². The standard InChI is InChI=1S/C11H12FN3/c1-11(12)4-5-15(8-11)10-3-2-9(6-13)7-14-10/h2-3,7H,4-5,8H2,1H3/t11-/m0/s1. The summed E-state index contributed by atoms with van der Waals surface area (Å²) in [5, 5.41) is 8.61. The largest absolute Gasteiger partial charge is 0.353 e. The first kappa shape index (κ1) is 9.91. The summed E-state index contributed by atoms with van der Waals surface area (Å²) in [6, 6.07) is 5.47. The second-order valence-electron chi connectivity index (χ2n) is 4.10. The molecule has 1 aliphatic rings. The Balaban J connectivity index is 2.15. The quantitative estimate of drug-likeness (QED) is 0.702. The zero-order valence-corrected chi connectivity index (χ0v) is 8.57. The monoisotopic (exact) mass is 205 g/mol. The third kappa shape index (κ3) is 2.07. The lowest BCUT2D eigenvalue weighted by Gasteiger charge is -2.18. The van der Waals surface area contributed by atoms with Crippen molar-refractivity contribution in [2.75, 3.05) is 18.0 Å². The second-order valence-corrected chi connectivity index (χ2v) is 4.10. The second kappa shape index (κ2) is 3.50. The fourth-order valence-corrected chi connectivity index (χ4v) is 1.76. The number of anilines is 1. The third-order valence-electron chi connectivity index (χ3n) is 2.62. The summed E-state index contributed by atoms with van der Waals surface area (Å²) in [5.74, 6) is 0.746. The topological polar surface area (TPSA) is 39.9 Å². The van der Waals surface area contributed by atoms with Gasteiger partial charge in [-0.25, -0.2) is 9.37 Å². The van der Waals surface area contributed by atoms with Crippen molar-refractivity contribution in [1.29, 1.82) is 5.26 Å². The van der Waals surface area contributed by atoms with Gasteiger partial charge in [-0.15, -0.1) is 0 Å². The number of rotatable bonds is 1. The highest BCUT2D eigenvalue weighted by molar-refractivity contribution is 5.43. The highest BCUT2D eigenvalue weighted by Gasteiger charge is 2.33. The molecule has 0 aliphatic carbocycles. The van der Waals surface area contributed by atoms with Crippen LogP contribution in [0, 0.1) is 11.3 Å². The van der Waals surface area contributed by atoms with Gasteiger partial charge in [0.2, 0.25) is 0 Å². The van der Waals surface area contributed by atoms with Gasteiger partial charge in [0.05, 0.1) is 12.1 Å². The SMILES string of the molecule is C[C@]1(F)CCN(c2ccc(C#N)cn2)C1. The zero-order valence-electron chi connectivity index (χ0n) is 8.57. The Morgan fingerprint density at radius 1 is 1.60 bits per heavy atom. The summed E-state index contributed by atoms with van der Waals surface area (Å²) in [7, 11) is 0. The number of nitriles is 1. The Morgan fingerprint density at radius 2 is 2.40 bits per heavy atom. The van der Waals surface area contributed by atoms with Crippen molar-refractivity contribution in [1.82, 2.24) is 4.98 Å². The molecule has 1 atom stereocenters. The van der Waals surface area contributed by atoms with E-state index in [1.165, 1.54) is 6.20 Å². The van der Waals surface area contributed by atoms with E-state index in [-0.39, 0.29) is 0 Å². The van der Waals surface area contributed by atoms with Crippen molar-refractivity contribution < 1.29 is 4.39 Å². The van der Waals surface area contributed by atoms with E-state index in [4.69, 9.17) is 5.26 Å². The van der Waals surface area contributed by atoms with Crippen LogP contribution in [0.4, 0.5) is 10.2 Å². The van der Waals surface area contributed by atoms with Gasteiger partial charge < -0.3 is 4.90 Å². The van der Waals surface area contributed by atoms with E-state index in [0.29, 0.717) is 25.1 Å². The van der Waals surface area contributed by atoms with E-state index in [1.807, 2.05) is 11.0 Å². The predicted octanol–water partition coefficient (Wildman–Crippen LogP) is 1.89. The molecule has 0 N–H and O–H groups in total. The number of halogens is 1. The van der Waals surface area contributed by atoms with Crippen molar-refractivity contribution in [2.24, 2.45) is 0 Å². The third-order valence-corrected chi connectivity index (χ3v) is 2.62. The van der Waals surface area contributed by atoms with Gasteiger partial charge in [0.25, 0.3) is 0 Å². The lowest BCUT2D eigenvalue weighted by molar-refractivity contribution is 0.221. The highest BCUT2D eigenvalue weighted by atomic mass is 19.1. The highest BCUT2D eigenvalue weighted by Crippen LogP contribution is 2.27. The molecule has 0 amide bonds. The molecule has 1 aliphatic heterocycles. The van der Waals surface area contributed by atoms with Crippen LogP contribution in [-0.4, -0.2) is 23.7 Å². The molecule has 1 aromatic rings. The Bertz CT molecular complexity index is 391. The lowest BCUT2D eigenvalue weighted by atomic mass is 10.1. The van der Waals surface area contributed by atoms with Crippen LogP contribution in [0.25, 0.3) is 0 Å². The molecular formula is C11H12FN3. The molecule has 1 fully saturated rings. The molecule has 1 saturated heterocycles. The van der Waals surface area contributed by atoms with Crippen molar-refractivity contribution in [2.45, 2.75) is 19.0 Å². The van der Waals surface area contributed by atoms with E-state index < -0.39 is 5.67 Å². The summed E-state index contributed by atoms with van der Waals surface area (Å²) in [4.78, 5) is 6.04. The predicted molar refractivity (Wildman–Crippen MR) is 55.3 cm³/mol.